The van der Waals surface area contributed by atoms with Crippen molar-refractivity contribution in [2.45, 2.75) is 12.5 Å². The van der Waals surface area contributed by atoms with Crippen molar-refractivity contribution in [3.05, 3.63) is 0 Å². The van der Waals surface area contributed by atoms with E-state index in [0.29, 0.717) is 11.9 Å². The highest BCUT2D eigenvalue weighted by atomic mass is 16.3. The first kappa shape index (κ1) is 15.2. The van der Waals surface area contributed by atoms with E-state index in [4.69, 9.17) is 5.11 Å². The highest BCUT2D eigenvalue weighted by Gasteiger charge is 2.48. The largest absolute Gasteiger partial charge is 0.395 e. The van der Waals surface area contributed by atoms with Crippen LogP contribution in [0.3, 0.4) is 0 Å². The molecule has 1 aliphatic carbocycles. The summed E-state index contributed by atoms with van der Waals surface area (Å²) in [5.74, 6) is 0.628. The second-order valence-corrected chi connectivity index (χ2v) is 6.64. The Hall–Kier alpha value is -0.690. The van der Waals surface area contributed by atoms with Crippen LogP contribution in [0.1, 0.15) is 6.42 Å². The van der Waals surface area contributed by atoms with Gasteiger partial charge in [-0.1, -0.05) is 0 Å². The van der Waals surface area contributed by atoms with Gasteiger partial charge in [0.25, 0.3) is 0 Å². The second-order valence-electron chi connectivity index (χ2n) is 6.64. The third kappa shape index (κ3) is 3.56. The fourth-order valence-electron chi connectivity index (χ4n) is 3.57. The van der Waals surface area contributed by atoms with E-state index < -0.39 is 0 Å². The van der Waals surface area contributed by atoms with E-state index in [-0.39, 0.29) is 12.5 Å². The van der Waals surface area contributed by atoms with Gasteiger partial charge in [0.05, 0.1) is 12.5 Å². The number of aliphatic hydroxyl groups is 1. The Morgan fingerprint density at radius 3 is 2.33 bits per heavy atom. The molecule has 2 heterocycles. The molecule has 1 N–H and O–H groups in total. The predicted octanol–water partition coefficient (Wildman–Crippen LogP) is -1.24. The summed E-state index contributed by atoms with van der Waals surface area (Å²) in [5.41, 5.74) is 0. The van der Waals surface area contributed by atoms with Crippen LogP contribution in [-0.2, 0) is 4.79 Å². The topological polar surface area (TPSA) is 50.3 Å². The van der Waals surface area contributed by atoms with E-state index in [1.54, 1.807) is 0 Å². The fraction of sp³-hybridized carbons (Fsp3) is 0.933. The lowest BCUT2D eigenvalue weighted by Gasteiger charge is -2.35. The first-order chi connectivity index (χ1) is 10.2. The maximum Gasteiger partial charge on any atom is 0.227 e. The lowest BCUT2D eigenvalue weighted by molar-refractivity contribution is -0.134. The maximum atomic E-state index is 12.5. The van der Waals surface area contributed by atoms with E-state index in [2.05, 4.69) is 26.6 Å². The van der Waals surface area contributed by atoms with E-state index in [9.17, 15) is 4.79 Å². The van der Waals surface area contributed by atoms with Crippen LogP contribution in [0.2, 0.25) is 0 Å². The van der Waals surface area contributed by atoms with Gasteiger partial charge in [-0.05, 0) is 13.5 Å². The van der Waals surface area contributed by atoms with E-state index >= 15 is 0 Å². The Bertz CT molecular complexity index is 363. The quantitative estimate of drug-likeness (QED) is 0.703. The van der Waals surface area contributed by atoms with Crippen molar-refractivity contribution in [2.24, 2.45) is 5.92 Å². The zero-order chi connectivity index (χ0) is 14.8. The van der Waals surface area contributed by atoms with Gasteiger partial charge in [0, 0.05) is 64.9 Å². The highest BCUT2D eigenvalue weighted by Crippen LogP contribution is 2.37. The first-order valence-corrected chi connectivity index (χ1v) is 8.23. The molecule has 1 amide bonds. The van der Waals surface area contributed by atoms with Gasteiger partial charge in [0.2, 0.25) is 5.91 Å². The van der Waals surface area contributed by atoms with Gasteiger partial charge in [0.1, 0.15) is 0 Å². The molecule has 120 valence electrons. The average molecular weight is 296 g/mol. The molecule has 2 aliphatic heterocycles. The summed E-state index contributed by atoms with van der Waals surface area (Å²) in [6.07, 6.45) is 1.05. The Morgan fingerprint density at radius 2 is 1.71 bits per heavy atom. The molecule has 0 aromatic rings. The molecule has 0 bridgehead atoms. The molecule has 2 atom stereocenters. The highest BCUT2D eigenvalue weighted by molar-refractivity contribution is 5.82. The van der Waals surface area contributed by atoms with Gasteiger partial charge in [-0.15, -0.1) is 0 Å². The number of carbonyl (C=O) groups is 1. The molecule has 0 spiro atoms. The predicted molar refractivity (Wildman–Crippen MR) is 81.1 cm³/mol. The maximum absolute atomic E-state index is 12.5. The number of piperazine rings is 2. The SMILES string of the molecule is CN1CCN(C(=O)C2CC2N2CCN(CCO)CC2)CC1. The summed E-state index contributed by atoms with van der Waals surface area (Å²) >= 11 is 0. The van der Waals surface area contributed by atoms with Crippen molar-refractivity contribution in [1.82, 2.24) is 19.6 Å². The van der Waals surface area contributed by atoms with E-state index in [1.165, 1.54) is 0 Å². The molecule has 6 nitrogen and oxygen atoms in total. The Labute approximate surface area is 127 Å². The molecule has 3 rings (SSSR count). The van der Waals surface area contributed by atoms with Crippen LogP contribution in [0.4, 0.5) is 0 Å². The Kier molecular flexibility index (Phi) is 4.78. The molecule has 0 aromatic heterocycles. The molecule has 21 heavy (non-hydrogen) atoms. The van der Waals surface area contributed by atoms with Crippen molar-refractivity contribution in [1.29, 1.82) is 0 Å². The normalized spacial score (nSPS) is 32.4. The van der Waals surface area contributed by atoms with Crippen molar-refractivity contribution >= 4 is 5.91 Å². The summed E-state index contributed by atoms with van der Waals surface area (Å²) < 4.78 is 0. The van der Waals surface area contributed by atoms with Crippen LogP contribution in [0.15, 0.2) is 0 Å². The number of carbonyl (C=O) groups excluding carboxylic acids is 1. The molecular formula is C15H28N4O2. The van der Waals surface area contributed by atoms with Gasteiger partial charge in [0.15, 0.2) is 0 Å². The lowest BCUT2D eigenvalue weighted by atomic mass is 10.2. The third-order valence-electron chi connectivity index (χ3n) is 5.18. The Balaban J connectivity index is 1.43. The second kappa shape index (κ2) is 6.60. The minimum absolute atomic E-state index is 0.244. The summed E-state index contributed by atoms with van der Waals surface area (Å²) in [6.45, 7) is 8.93. The monoisotopic (exact) mass is 296 g/mol. The molecule has 0 radical (unpaired) electrons. The third-order valence-corrected chi connectivity index (χ3v) is 5.18. The van der Waals surface area contributed by atoms with E-state index in [0.717, 1.165) is 65.3 Å². The van der Waals surface area contributed by atoms with Gasteiger partial charge in [-0.25, -0.2) is 0 Å². The van der Waals surface area contributed by atoms with Crippen LogP contribution < -0.4 is 0 Å². The van der Waals surface area contributed by atoms with Crippen LogP contribution in [0.5, 0.6) is 0 Å². The zero-order valence-electron chi connectivity index (χ0n) is 13.1. The standard InChI is InChI=1S/C15H28N4O2/c1-16-2-6-19(7-3-16)15(21)13-12-14(13)18-8-4-17(5-9-18)10-11-20/h13-14,20H,2-12H2,1H3. The Morgan fingerprint density at radius 1 is 1.05 bits per heavy atom. The number of β-amino-alcohol motifs (C(OH)–C–C–N with tert-alkyl or cyclic N) is 1. The first-order valence-electron chi connectivity index (χ1n) is 8.23. The minimum Gasteiger partial charge on any atom is -0.395 e. The molecular weight excluding hydrogens is 268 g/mol. The minimum atomic E-state index is 0.244. The number of hydrogen-bond acceptors (Lipinski definition) is 5. The number of hydrogen-bond donors (Lipinski definition) is 1. The number of aliphatic hydroxyl groups excluding tert-OH is 1. The summed E-state index contributed by atoms with van der Waals surface area (Å²) in [6, 6.07) is 0.480. The average Bonchev–Trinajstić information content (AvgIpc) is 3.29. The molecule has 2 saturated heterocycles. The number of likely N-dealkylation sites (N-methyl/N-ethyl adjacent to an activating group) is 1. The number of amides is 1. The smallest absolute Gasteiger partial charge is 0.227 e. The fourth-order valence-corrected chi connectivity index (χ4v) is 3.57. The van der Waals surface area contributed by atoms with Crippen LogP contribution in [0.25, 0.3) is 0 Å². The molecule has 3 aliphatic rings. The summed E-state index contributed by atoms with van der Waals surface area (Å²) in [5, 5.41) is 8.97. The number of nitrogens with zero attached hydrogens (tertiary/aromatic N) is 4. The van der Waals surface area contributed by atoms with Crippen molar-refractivity contribution in [3.63, 3.8) is 0 Å². The molecule has 3 fully saturated rings. The van der Waals surface area contributed by atoms with Gasteiger partial charge < -0.3 is 14.9 Å². The lowest BCUT2D eigenvalue weighted by Crippen LogP contribution is -2.50. The molecule has 1 saturated carbocycles. The zero-order valence-corrected chi connectivity index (χ0v) is 13.1. The van der Waals surface area contributed by atoms with Gasteiger partial charge in [-0.2, -0.15) is 0 Å². The van der Waals surface area contributed by atoms with Gasteiger partial charge >= 0.3 is 0 Å². The van der Waals surface area contributed by atoms with Crippen LogP contribution in [-0.4, -0.2) is 109 Å². The van der Waals surface area contributed by atoms with Crippen LogP contribution >= 0.6 is 0 Å². The summed E-state index contributed by atoms with van der Waals surface area (Å²) in [7, 11) is 2.12. The van der Waals surface area contributed by atoms with Crippen LogP contribution in [0, 0.1) is 5.92 Å². The number of rotatable bonds is 4. The molecule has 6 heteroatoms. The van der Waals surface area contributed by atoms with Crippen molar-refractivity contribution in [3.8, 4) is 0 Å². The van der Waals surface area contributed by atoms with Crippen molar-refractivity contribution in [2.75, 3.05) is 72.6 Å². The molecule has 0 aromatic carbocycles. The van der Waals surface area contributed by atoms with Crippen molar-refractivity contribution < 1.29 is 9.90 Å². The molecule has 2 unspecified atom stereocenters. The summed E-state index contributed by atoms with van der Waals surface area (Å²) in [4.78, 5) is 21.7. The van der Waals surface area contributed by atoms with Gasteiger partial charge in [-0.3, -0.25) is 14.6 Å². The van der Waals surface area contributed by atoms with E-state index in [1.807, 2.05) is 0 Å².